The van der Waals surface area contributed by atoms with Crippen molar-refractivity contribution in [3.8, 4) is 51.0 Å². The van der Waals surface area contributed by atoms with Gasteiger partial charge in [0.1, 0.15) is 0 Å². The second kappa shape index (κ2) is 8.41. The van der Waals surface area contributed by atoms with E-state index in [-0.39, 0.29) is 0 Å². The van der Waals surface area contributed by atoms with Gasteiger partial charge in [-0.25, -0.2) is 15.0 Å². The summed E-state index contributed by atoms with van der Waals surface area (Å²) in [5, 5.41) is 5.33. The van der Waals surface area contributed by atoms with Crippen molar-refractivity contribution in [3.63, 3.8) is 0 Å². The van der Waals surface area contributed by atoms with E-state index >= 15 is 0 Å². The van der Waals surface area contributed by atoms with Crippen LogP contribution in [0.4, 0.5) is 0 Å². The normalized spacial score (nSPS) is 11.9. The van der Waals surface area contributed by atoms with E-state index in [4.69, 9.17) is 15.0 Å². The topological polar surface area (TPSA) is 56.5 Å². The molecule has 3 aromatic heterocycles. The molecule has 0 bridgehead atoms. The molecular formula is C36H21N5. The molecule has 0 spiro atoms. The van der Waals surface area contributed by atoms with Gasteiger partial charge in [0.15, 0.2) is 17.5 Å². The average molecular weight is 524 g/mol. The number of hydrogen-bond donors (Lipinski definition) is 0. The monoisotopic (exact) mass is 523 g/mol. The van der Waals surface area contributed by atoms with Crippen LogP contribution in [0.2, 0.25) is 0 Å². The van der Waals surface area contributed by atoms with Crippen molar-refractivity contribution in [2.45, 2.75) is 0 Å². The first-order valence-electron chi connectivity index (χ1n) is 13.7. The number of hydrogen-bond acceptors (Lipinski definition) is 4. The third kappa shape index (κ3) is 3.23. The van der Waals surface area contributed by atoms with E-state index in [0.29, 0.717) is 17.5 Å². The first-order chi connectivity index (χ1) is 20.3. The van der Waals surface area contributed by atoms with Gasteiger partial charge in [-0.2, -0.15) is 0 Å². The molecule has 0 aliphatic heterocycles. The van der Waals surface area contributed by atoms with Crippen LogP contribution in [0, 0.1) is 0 Å². The molecule has 9 rings (SSSR count). The summed E-state index contributed by atoms with van der Waals surface area (Å²) in [7, 11) is 0. The van der Waals surface area contributed by atoms with Crippen molar-refractivity contribution in [2.24, 2.45) is 0 Å². The quantitative estimate of drug-likeness (QED) is 0.232. The third-order valence-corrected chi connectivity index (χ3v) is 8.08. The van der Waals surface area contributed by atoms with Crippen molar-refractivity contribution in [1.82, 2.24) is 24.5 Å². The van der Waals surface area contributed by atoms with Crippen LogP contribution in [0.5, 0.6) is 0 Å². The minimum absolute atomic E-state index is 0.625. The van der Waals surface area contributed by atoms with Gasteiger partial charge in [-0.05, 0) is 70.4 Å². The molecule has 0 atom stereocenters. The SMILES string of the molecule is c1ccc(-c2nc(-c3ccncc3)nc(-c3ccc(-n4c5cccc6c5c5c7c-6cccc7ccc54)cc3)n2)cc1. The van der Waals surface area contributed by atoms with Gasteiger partial charge in [-0.3, -0.25) is 4.98 Å². The number of nitrogens with zero attached hydrogens (tertiary/aromatic N) is 5. The van der Waals surface area contributed by atoms with Gasteiger partial charge in [0.05, 0.1) is 11.0 Å². The molecule has 0 saturated carbocycles. The molecule has 0 saturated heterocycles. The molecule has 0 N–H and O–H groups in total. The van der Waals surface area contributed by atoms with Gasteiger partial charge >= 0.3 is 0 Å². The lowest BCUT2D eigenvalue weighted by atomic mass is 10.0. The highest BCUT2D eigenvalue weighted by Gasteiger charge is 2.24. The average Bonchev–Trinajstić information content (AvgIpc) is 3.58. The van der Waals surface area contributed by atoms with Gasteiger partial charge in [-0.15, -0.1) is 0 Å². The predicted molar refractivity (Wildman–Crippen MR) is 165 cm³/mol. The fraction of sp³-hybridized carbons (Fsp3) is 0. The molecule has 5 heteroatoms. The van der Waals surface area contributed by atoms with E-state index in [0.717, 1.165) is 22.4 Å². The minimum atomic E-state index is 0.625. The summed E-state index contributed by atoms with van der Waals surface area (Å²) in [5.41, 5.74) is 8.99. The molecule has 190 valence electrons. The molecule has 0 radical (unpaired) electrons. The maximum atomic E-state index is 4.89. The highest BCUT2D eigenvalue weighted by molar-refractivity contribution is 6.33. The second-order valence-corrected chi connectivity index (χ2v) is 10.4. The first-order valence-corrected chi connectivity index (χ1v) is 13.7. The first kappa shape index (κ1) is 22.2. The van der Waals surface area contributed by atoms with Gasteiger partial charge in [0, 0.05) is 45.5 Å². The maximum absolute atomic E-state index is 4.89. The van der Waals surface area contributed by atoms with Crippen LogP contribution < -0.4 is 0 Å². The lowest BCUT2D eigenvalue weighted by Crippen LogP contribution is -2.00. The Hall–Kier alpha value is -5.68. The Kier molecular flexibility index (Phi) is 4.55. The molecule has 3 heterocycles. The zero-order valence-electron chi connectivity index (χ0n) is 21.9. The van der Waals surface area contributed by atoms with Crippen LogP contribution >= 0.6 is 0 Å². The molecule has 0 amide bonds. The Morgan fingerprint density at radius 1 is 0.415 bits per heavy atom. The number of benzene rings is 5. The number of pyridine rings is 1. The summed E-state index contributed by atoms with van der Waals surface area (Å²) in [6.07, 6.45) is 3.52. The fourth-order valence-electron chi connectivity index (χ4n) is 6.26. The molecule has 1 aliphatic carbocycles. The molecule has 0 fully saturated rings. The zero-order valence-corrected chi connectivity index (χ0v) is 21.9. The van der Waals surface area contributed by atoms with E-state index in [1.807, 2.05) is 42.5 Å². The van der Waals surface area contributed by atoms with Gasteiger partial charge in [-0.1, -0.05) is 66.7 Å². The van der Waals surface area contributed by atoms with Crippen LogP contribution in [0.1, 0.15) is 0 Å². The summed E-state index contributed by atoms with van der Waals surface area (Å²) in [5.74, 6) is 1.91. The van der Waals surface area contributed by atoms with E-state index in [1.54, 1.807) is 12.4 Å². The third-order valence-electron chi connectivity index (χ3n) is 8.08. The van der Waals surface area contributed by atoms with E-state index < -0.39 is 0 Å². The Morgan fingerprint density at radius 3 is 1.76 bits per heavy atom. The van der Waals surface area contributed by atoms with Crippen LogP contribution in [0.15, 0.2) is 128 Å². The van der Waals surface area contributed by atoms with Crippen LogP contribution in [0.25, 0.3) is 83.6 Å². The largest absolute Gasteiger partial charge is 0.309 e. The summed E-state index contributed by atoms with van der Waals surface area (Å²) in [6, 6.07) is 40.2. The maximum Gasteiger partial charge on any atom is 0.164 e. The Labute approximate surface area is 235 Å². The number of aromatic nitrogens is 5. The van der Waals surface area contributed by atoms with Crippen molar-refractivity contribution in [1.29, 1.82) is 0 Å². The molecule has 41 heavy (non-hydrogen) atoms. The fourth-order valence-corrected chi connectivity index (χ4v) is 6.26. The van der Waals surface area contributed by atoms with Crippen molar-refractivity contribution < 1.29 is 0 Å². The van der Waals surface area contributed by atoms with Crippen molar-refractivity contribution in [2.75, 3.05) is 0 Å². The molecule has 0 unspecified atom stereocenters. The van der Waals surface area contributed by atoms with Gasteiger partial charge in [0.2, 0.25) is 0 Å². The molecule has 1 aliphatic rings. The Morgan fingerprint density at radius 2 is 1.02 bits per heavy atom. The lowest BCUT2D eigenvalue weighted by molar-refractivity contribution is 1.07. The van der Waals surface area contributed by atoms with E-state index in [1.165, 1.54) is 43.7 Å². The van der Waals surface area contributed by atoms with Crippen LogP contribution in [-0.2, 0) is 0 Å². The smallest absolute Gasteiger partial charge is 0.164 e. The standard InChI is InChI=1S/C36H21N5/c1-2-6-23(7-3-1)34-38-35(40-36(39-34)25-18-20-37-21-19-25)24-12-15-26(16-13-24)41-29-11-5-10-28-27-9-4-8-22-14-17-30(41)33(31(22)27)32(28)29/h1-21H. The van der Waals surface area contributed by atoms with Gasteiger partial charge in [0.25, 0.3) is 0 Å². The summed E-state index contributed by atoms with van der Waals surface area (Å²) in [4.78, 5) is 18.7. The number of fused-ring (bicyclic) bond motifs is 1. The van der Waals surface area contributed by atoms with E-state index in [2.05, 4.69) is 82.3 Å². The lowest BCUT2D eigenvalue weighted by Gasteiger charge is -2.12. The van der Waals surface area contributed by atoms with Gasteiger partial charge < -0.3 is 4.57 Å². The summed E-state index contributed by atoms with van der Waals surface area (Å²) in [6.45, 7) is 0. The van der Waals surface area contributed by atoms with Crippen molar-refractivity contribution >= 4 is 32.6 Å². The Bertz CT molecular complexity index is 2230. The number of rotatable bonds is 4. The molecule has 8 aromatic rings. The van der Waals surface area contributed by atoms with Crippen LogP contribution in [0.3, 0.4) is 0 Å². The second-order valence-electron chi connectivity index (χ2n) is 10.4. The molecule has 5 aromatic carbocycles. The summed E-state index contributed by atoms with van der Waals surface area (Å²) < 4.78 is 2.37. The molecule has 5 nitrogen and oxygen atoms in total. The minimum Gasteiger partial charge on any atom is -0.309 e. The highest BCUT2D eigenvalue weighted by Crippen LogP contribution is 2.49. The molecular weight excluding hydrogens is 502 g/mol. The predicted octanol–water partition coefficient (Wildman–Crippen LogP) is 8.50. The van der Waals surface area contributed by atoms with E-state index in [9.17, 15) is 0 Å². The zero-order chi connectivity index (χ0) is 26.9. The van der Waals surface area contributed by atoms with Crippen LogP contribution in [-0.4, -0.2) is 24.5 Å². The van der Waals surface area contributed by atoms with Crippen molar-refractivity contribution in [3.05, 3.63) is 128 Å². The summed E-state index contributed by atoms with van der Waals surface area (Å²) >= 11 is 0. The Balaban J connectivity index is 1.21. The highest BCUT2D eigenvalue weighted by atomic mass is 15.0.